The number of aryl methyl sites for hydroxylation is 3. The Morgan fingerprint density at radius 2 is 1.92 bits per heavy atom. The number of imidazole rings is 1. The number of aromatic nitrogens is 2. The average Bonchev–Trinajstić information content (AvgIpc) is 3.47. The number of hydrogen-bond acceptors (Lipinski definition) is 4. The highest BCUT2D eigenvalue weighted by atomic mass is 16.5. The summed E-state index contributed by atoms with van der Waals surface area (Å²) >= 11 is 0. The van der Waals surface area contributed by atoms with E-state index in [1.54, 1.807) is 7.11 Å². The number of methoxy groups -OCH3 is 1. The van der Waals surface area contributed by atoms with Crippen molar-refractivity contribution in [3.05, 3.63) is 95.8 Å². The standard InChI is InChI=1S/C32H35N3O3/c1-5-9-24-13-15-29(30(19-24)37-4)38-17-8-16-34-28-11-7-6-10-26(28)33-32(34)25-20-31(36)35(21-25)27-14-12-22(2)18-23(27)3/h5-7,10-15,18-19,25H,1,8-9,16-17,20-21H2,2-4H3. The SMILES string of the molecule is C=CCc1ccc(OCCCn2c(C3CC(=O)N(c4ccc(C)cc4C)C3)nc3ccccc32)c(OC)c1. The molecule has 6 nitrogen and oxygen atoms in total. The van der Waals surface area contributed by atoms with Crippen LogP contribution < -0.4 is 14.4 Å². The van der Waals surface area contributed by atoms with Gasteiger partial charge < -0.3 is 18.9 Å². The smallest absolute Gasteiger partial charge is 0.227 e. The van der Waals surface area contributed by atoms with Gasteiger partial charge in [-0.1, -0.05) is 42.0 Å². The van der Waals surface area contributed by atoms with E-state index in [2.05, 4.69) is 49.3 Å². The van der Waals surface area contributed by atoms with Crippen LogP contribution in [-0.2, 0) is 17.8 Å². The molecule has 0 spiro atoms. The minimum atomic E-state index is 0.0361. The average molecular weight is 510 g/mol. The van der Waals surface area contributed by atoms with Crippen LogP contribution in [0.25, 0.3) is 11.0 Å². The van der Waals surface area contributed by atoms with Crippen molar-refractivity contribution in [2.75, 3.05) is 25.2 Å². The normalized spacial score (nSPS) is 15.3. The van der Waals surface area contributed by atoms with E-state index in [0.29, 0.717) is 19.6 Å². The summed E-state index contributed by atoms with van der Waals surface area (Å²) in [5.41, 5.74) is 6.50. The molecular weight excluding hydrogens is 474 g/mol. The molecule has 0 bridgehead atoms. The van der Waals surface area contributed by atoms with Gasteiger partial charge in [-0.25, -0.2) is 4.98 Å². The van der Waals surface area contributed by atoms with E-state index in [-0.39, 0.29) is 11.8 Å². The number of hydrogen-bond donors (Lipinski definition) is 0. The molecule has 3 aromatic carbocycles. The molecule has 0 saturated carbocycles. The number of carbonyl (C=O) groups excluding carboxylic acids is 1. The molecule has 6 heteroatoms. The quantitative estimate of drug-likeness (QED) is 0.184. The molecule has 196 valence electrons. The van der Waals surface area contributed by atoms with E-state index in [9.17, 15) is 4.79 Å². The molecule has 1 unspecified atom stereocenters. The summed E-state index contributed by atoms with van der Waals surface area (Å²) < 4.78 is 13.9. The highest BCUT2D eigenvalue weighted by Gasteiger charge is 2.35. The van der Waals surface area contributed by atoms with Gasteiger partial charge in [0.25, 0.3) is 0 Å². The highest BCUT2D eigenvalue weighted by molar-refractivity contribution is 5.97. The number of ether oxygens (including phenoxy) is 2. The largest absolute Gasteiger partial charge is 0.493 e. The maximum atomic E-state index is 13.1. The molecule has 38 heavy (non-hydrogen) atoms. The molecule has 1 aliphatic rings. The Bertz CT molecular complexity index is 1470. The van der Waals surface area contributed by atoms with Gasteiger partial charge in [0.15, 0.2) is 11.5 Å². The minimum Gasteiger partial charge on any atom is -0.493 e. The third-order valence-electron chi connectivity index (χ3n) is 7.21. The van der Waals surface area contributed by atoms with Crippen molar-refractivity contribution >= 4 is 22.6 Å². The zero-order valence-electron chi connectivity index (χ0n) is 22.4. The number of amides is 1. The van der Waals surface area contributed by atoms with Crippen LogP contribution in [-0.4, -0.2) is 35.7 Å². The summed E-state index contributed by atoms with van der Waals surface area (Å²) in [4.78, 5) is 20.0. The van der Waals surface area contributed by atoms with Crippen LogP contribution in [0.4, 0.5) is 5.69 Å². The fourth-order valence-electron chi connectivity index (χ4n) is 5.39. The molecule has 4 aromatic rings. The molecule has 5 rings (SSSR count). The Kier molecular flexibility index (Phi) is 7.50. The fourth-order valence-corrected chi connectivity index (χ4v) is 5.39. The lowest BCUT2D eigenvalue weighted by Gasteiger charge is -2.20. The number of allylic oxidation sites excluding steroid dienone is 1. The second kappa shape index (κ2) is 11.1. The second-order valence-corrected chi connectivity index (χ2v) is 9.99. The van der Waals surface area contributed by atoms with Gasteiger partial charge in [-0.15, -0.1) is 6.58 Å². The number of nitrogens with zero attached hydrogens (tertiary/aromatic N) is 3. The van der Waals surface area contributed by atoms with Crippen molar-refractivity contribution < 1.29 is 14.3 Å². The van der Waals surface area contributed by atoms with Crippen molar-refractivity contribution in [1.29, 1.82) is 0 Å². The number of para-hydroxylation sites is 2. The molecule has 0 N–H and O–H groups in total. The van der Waals surface area contributed by atoms with Gasteiger partial charge in [-0.3, -0.25) is 4.79 Å². The molecule has 1 aliphatic heterocycles. The Balaban J connectivity index is 1.32. The van der Waals surface area contributed by atoms with E-state index in [0.717, 1.165) is 64.6 Å². The van der Waals surface area contributed by atoms with Gasteiger partial charge in [0.1, 0.15) is 5.82 Å². The first-order valence-corrected chi connectivity index (χ1v) is 13.2. The molecule has 0 aliphatic carbocycles. The zero-order valence-corrected chi connectivity index (χ0v) is 22.4. The number of rotatable bonds is 10. The maximum Gasteiger partial charge on any atom is 0.227 e. The summed E-state index contributed by atoms with van der Waals surface area (Å²) in [6, 6.07) is 20.5. The van der Waals surface area contributed by atoms with Gasteiger partial charge in [0, 0.05) is 31.1 Å². The van der Waals surface area contributed by atoms with E-state index in [1.807, 2.05) is 47.4 Å². The van der Waals surface area contributed by atoms with E-state index in [1.165, 1.54) is 5.56 Å². The van der Waals surface area contributed by atoms with Crippen molar-refractivity contribution in [1.82, 2.24) is 9.55 Å². The second-order valence-electron chi connectivity index (χ2n) is 9.99. The van der Waals surface area contributed by atoms with Crippen molar-refractivity contribution in [2.45, 2.75) is 45.6 Å². The molecule has 1 amide bonds. The summed E-state index contributed by atoms with van der Waals surface area (Å²) in [6.45, 7) is 9.88. The predicted molar refractivity (Wildman–Crippen MR) is 152 cm³/mol. The number of fused-ring (bicyclic) bond motifs is 1. The molecule has 2 heterocycles. The Morgan fingerprint density at radius 3 is 2.71 bits per heavy atom. The van der Waals surface area contributed by atoms with Gasteiger partial charge in [-0.2, -0.15) is 0 Å². The number of carbonyl (C=O) groups is 1. The minimum absolute atomic E-state index is 0.0361. The van der Waals surface area contributed by atoms with Crippen LogP contribution in [0.15, 0.2) is 73.3 Å². The monoisotopic (exact) mass is 509 g/mol. The fraction of sp³-hybridized carbons (Fsp3) is 0.312. The number of benzene rings is 3. The van der Waals surface area contributed by atoms with Gasteiger partial charge in [-0.05, 0) is 68.1 Å². The summed E-state index contributed by atoms with van der Waals surface area (Å²) in [6.07, 6.45) is 3.92. The van der Waals surface area contributed by atoms with E-state index < -0.39 is 0 Å². The predicted octanol–water partition coefficient (Wildman–Crippen LogP) is 6.38. The molecule has 1 saturated heterocycles. The zero-order chi connectivity index (χ0) is 26.6. The Hall–Kier alpha value is -4.06. The van der Waals surface area contributed by atoms with E-state index >= 15 is 0 Å². The van der Waals surface area contributed by atoms with Crippen LogP contribution in [0, 0.1) is 13.8 Å². The first-order chi connectivity index (χ1) is 18.5. The first-order valence-electron chi connectivity index (χ1n) is 13.2. The number of anilines is 1. The van der Waals surface area contributed by atoms with Crippen molar-refractivity contribution in [2.24, 2.45) is 0 Å². The molecule has 1 atom stereocenters. The highest BCUT2D eigenvalue weighted by Crippen LogP contribution is 2.35. The van der Waals surface area contributed by atoms with Crippen LogP contribution in [0.2, 0.25) is 0 Å². The molecule has 0 radical (unpaired) electrons. The lowest BCUT2D eigenvalue weighted by molar-refractivity contribution is -0.117. The van der Waals surface area contributed by atoms with Crippen LogP contribution in [0.1, 0.15) is 41.3 Å². The first kappa shape index (κ1) is 25.6. The third kappa shape index (κ3) is 5.17. The topological polar surface area (TPSA) is 56.6 Å². The third-order valence-corrected chi connectivity index (χ3v) is 7.21. The molecule has 1 fully saturated rings. The lowest BCUT2D eigenvalue weighted by atomic mass is 10.1. The van der Waals surface area contributed by atoms with Crippen LogP contribution in [0.3, 0.4) is 0 Å². The van der Waals surface area contributed by atoms with Gasteiger partial charge in [0.2, 0.25) is 5.91 Å². The van der Waals surface area contributed by atoms with Crippen molar-refractivity contribution in [3.63, 3.8) is 0 Å². The molecule has 1 aromatic heterocycles. The van der Waals surface area contributed by atoms with Gasteiger partial charge >= 0.3 is 0 Å². The lowest BCUT2D eigenvalue weighted by Crippen LogP contribution is -2.25. The molecular formula is C32H35N3O3. The summed E-state index contributed by atoms with van der Waals surface area (Å²) in [5, 5.41) is 0. The summed E-state index contributed by atoms with van der Waals surface area (Å²) in [5.74, 6) is 2.62. The van der Waals surface area contributed by atoms with Gasteiger partial charge in [0.05, 0.1) is 24.8 Å². The van der Waals surface area contributed by atoms with Crippen LogP contribution in [0.5, 0.6) is 11.5 Å². The van der Waals surface area contributed by atoms with Crippen molar-refractivity contribution in [3.8, 4) is 11.5 Å². The van der Waals surface area contributed by atoms with E-state index in [4.69, 9.17) is 14.5 Å². The van der Waals surface area contributed by atoms with Crippen LogP contribution >= 0.6 is 0 Å². The Labute approximate surface area is 224 Å². The summed E-state index contributed by atoms with van der Waals surface area (Å²) in [7, 11) is 1.66. The Morgan fingerprint density at radius 1 is 1.08 bits per heavy atom. The maximum absolute atomic E-state index is 13.1.